The lowest BCUT2D eigenvalue weighted by atomic mass is 10.2. The minimum atomic E-state index is 0.876. The van der Waals surface area contributed by atoms with Crippen LogP contribution in [-0.4, -0.2) is 13.1 Å². The van der Waals surface area contributed by atoms with E-state index in [-0.39, 0.29) is 0 Å². The molecule has 0 aliphatic carbocycles. The van der Waals surface area contributed by atoms with E-state index < -0.39 is 0 Å². The number of anilines is 2. The van der Waals surface area contributed by atoms with E-state index in [2.05, 4.69) is 81.3 Å². The molecule has 0 bridgehead atoms. The summed E-state index contributed by atoms with van der Waals surface area (Å²) in [5.41, 5.74) is 3.86. The van der Waals surface area contributed by atoms with E-state index >= 15 is 0 Å². The molecule has 0 atom stereocenters. The molecule has 1 heterocycles. The number of halogens is 1. The molecule has 0 amide bonds. The van der Waals surface area contributed by atoms with Crippen LogP contribution in [0.3, 0.4) is 0 Å². The Hall–Kier alpha value is -1.23. The first kappa shape index (κ1) is 13.7. The number of benzene rings is 2. The number of hydrogen-bond donors (Lipinski definition) is 1. The van der Waals surface area contributed by atoms with Crippen molar-refractivity contribution in [2.24, 2.45) is 0 Å². The molecule has 0 aromatic heterocycles. The summed E-state index contributed by atoms with van der Waals surface area (Å²) in [7, 11) is 0. The molecule has 2 aromatic carbocycles. The molecule has 0 unspecified atom stereocenters. The van der Waals surface area contributed by atoms with Gasteiger partial charge >= 0.3 is 0 Å². The highest BCUT2D eigenvalue weighted by atomic mass is 127. The van der Waals surface area contributed by atoms with Crippen molar-refractivity contribution in [2.45, 2.75) is 19.4 Å². The molecule has 3 rings (SSSR count). The highest BCUT2D eigenvalue weighted by molar-refractivity contribution is 14.1. The zero-order chi connectivity index (χ0) is 13.8. The van der Waals surface area contributed by atoms with E-state index in [1.165, 1.54) is 46.4 Å². The maximum Gasteiger partial charge on any atom is 0.0400 e. The number of rotatable bonds is 4. The van der Waals surface area contributed by atoms with E-state index in [1.54, 1.807) is 0 Å². The van der Waals surface area contributed by atoms with E-state index in [0.29, 0.717) is 0 Å². The Morgan fingerprint density at radius 2 is 1.55 bits per heavy atom. The van der Waals surface area contributed by atoms with Crippen LogP contribution in [-0.2, 0) is 6.54 Å². The van der Waals surface area contributed by atoms with Crippen LogP contribution >= 0.6 is 22.6 Å². The summed E-state index contributed by atoms with van der Waals surface area (Å²) in [4.78, 5) is 2.47. The van der Waals surface area contributed by atoms with Crippen molar-refractivity contribution in [1.29, 1.82) is 0 Å². The number of nitrogens with zero attached hydrogens (tertiary/aromatic N) is 1. The molecule has 2 nitrogen and oxygen atoms in total. The smallest absolute Gasteiger partial charge is 0.0400 e. The highest BCUT2D eigenvalue weighted by Gasteiger charge is 2.11. The van der Waals surface area contributed by atoms with Gasteiger partial charge in [0.25, 0.3) is 0 Å². The van der Waals surface area contributed by atoms with Crippen LogP contribution in [0.5, 0.6) is 0 Å². The molecule has 104 valence electrons. The standard InChI is InChI=1S/C17H19IN2/c18-15-5-7-16(8-6-15)19-13-14-3-9-17(10-4-14)20-11-1-2-12-20/h3-10,19H,1-2,11-13H2. The molecule has 0 spiro atoms. The molecule has 0 saturated carbocycles. The molecule has 0 radical (unpaired) electrons. The highest BCUT2D eigenvalue weighted by Crippen LogP contribution is 2.21. The van der Waals surface area contributed by atoms with Gasteiger partial charge in [-0.3, -0.25) is 0 Å². The van der Waals surface area contributed by atoms with Crippen molar-refractivity contribution < 1.29 is 0 Å². The predicted molar refractivity (Wildman–Crippen MR) is 94.4 cm³/mol. The van der Waals surface area contributed by atoms with E-state index in [0.717, 1.165) is 6.54 Å². The molecule has 1 saturated heterocycles. The summed E-state index contributed by atoms with van der Waals surface area (Å²) in [5, 5.41) is 3.46. The molecule has 1 aliphatic rings. The fourth-order valence-corrected chi connectivity index (χ4v) is 2.93. The van der Waals surface area contributed by atoms with E-state index in [9.17, 15) is 0 Å². The Morgan fingerprint density at radius 1 is 0.900 bits per heavy atom. The zero-order valence-corrected chi connectivity index (χ0v) is 13.6. The Labute approximate surface area is 134 Å². The van der Waals surface area contributed by atoms with Gasteiger partial charge in [-0.1, -0.05) is 12.1 Å². The van der Waals surface area contributed by atoms with Crippen LogP contribution in [0.2, 0.25) is 0 Å². The maximum atomic E-state index is 3.46. The lowest BCUT2D eigenvalue weighted by molar-refractivity contribution is 0.949. The molecular formula is C17H19IN2. The van der Waals surface area contributed by atoms with Crippen LogP contribution in [0.4, 0.5) is 11.4 Å². The van der Waals surface area contributed by atoms with Crippen molar-refractivity contribution in [3.8, 4) is 0 Å². The fraction of sp³-hybridized carbons (Fsp3) is 0.294. The summed E-state index contributed by atoms with van der Waals surface area (Å²) in [6.07, 6.45) is 2.66. The molecule has 1 fully saturated rings. The summed E-state index contributed by atoms with van der Waals surface area (Å²) in [6.45, 7) is 3.29. The van der Waals surface area contributed by atoms with Crippen LogP contribution in [0.15, 0.2) is 48.5 Å². The van der Waals surface area contributed by atoms with Crippen LogP contribution in [0.1, 0.15) is 18.4 Å². The number of hydrogen-bond acceptors (Lipinski definition) is 2. The maximum absolute atomic E-state index is 3.46. The van der Waals surface area contributed by atoms with Gasteiger partial charge in [-0.2, -0.15) is 0 Å². The average Bonchev–Trinajstić information content (AvgIpc) is 3.01. The molecule has 1 N–H and O–H groups in total. The minimum Gasteiger partial charge on any atom is -0.381 e. The van der Waals surface area contributed by atoms with Crippen molar-refractivity contribution in [3.05, 3.63) is 57.7 Å². The van der Waals surface area contributed by atoms with Gasteiger partial charge in [0, 0.05) is 34.6 Å². The first-order valence-corrected chi connectivity index (χ1v) is 8.22. The fourth-order valence-electron chi connectivity index (χ4n) is 2.57. The van der Waals surface area contributed by atoms with Crippen molar-refractivity contribution in [1.82, 2.24) is 0 Å². The first-order chi connectivity index (χ1) is 9.81. The molecule has 3 heteroatoms. The van der Waals surface area contributed by atoms with E-state index in [4.69, 9.17) is 0 Å². The lowest BCUT2D eigenvalue weighted by Crippen LogP contribution is -2.17. The van der Waals surface area contributed by atoms with Gasteiger partial charge in [0.15, 0.2) is 0 Å². The Balaban J connectivity index is 1.59. The third-order valence-corrected chi connectivity index (χ3v) is 4.47. The van der Waals surface area contributed by atoms with Gasteiger partial charge in [0.1, 0.15) is 0 Å². The van der Waals surface area contributed by atoms with Crippen molar-refractivity contribution >= 4 is 34.0 Å². The first-order valence-electron chi connectivity index (χ1n) is 7.14. The van der Waals surface area contributed by atoms with Gasteiger partial charge < -0.3 is 10.2 Å². The third-order valence-electron chi connectivity index (χ3n) is 3.75. The SMILES string of the molecule is Ic1ccc(NCc2ccc(N3CCCC3)cc2)cc1. The Morgan fingerprint density at radius 3 is 2.20 bits per heavy atom. The zero-order valence-electron chi connectivity index (χ0n) is 11.5. The second-order valence-electron chi connectivity index (χ2n) is 5.22. The summed E-state index contributed by atoms with van der Waals surface area (Å²) in [6, 6.07) is 17.5. The largest absolute Gasteiger partial charge is 0.381 e. The molecule has 2 aromatic rings. The normalized spacial score (nSPS) is 14.6. The van der Waals surface area contributed by atoms with Gasteiger partial charge in [-0.25, -0.2) is 0 Å². The Kier molecular flexibility index (Phi) is 4.45. The van der Waals surface area contributed by atoms with Crippen molar-refractivity contribution in [2.75, 3.05) is 23.3 Å². The summed E-state index contributed by atoms with van der Waals surface area (Å²) < 4.78 is 1.27. The van der Waals surface area contributed by atoms with Crippen LogP contribution in [0, 0.1) is 3.57 Å². The van der Waals surface area contributed by atoms with Crippen LogP contribution < -0.4 is 10.2 Å². The minimum absolute atomic E-state index is 0.876. The topological polar surface area (TPSA) is 15.3 Å². The predicted octanol–water partition coefficient (Wildman–Crippen LogP) is 4.50. The van der Waals surface area contributed by atoms with Gasteiger partial charge in [-0.15, -0.1) is 0 Å². The van der Waals surface area contributed by atoms with Gasteiger partial charge in [0.2, 0.25) is 0 Å². The molecular weight excluding hydrogens is 359 g/mol. The quantitative estimate of drug-likeness (QED) is 0.788. The van der Waals surface area contributed by atoms with Gasteiger partial charge in [-0.05, 0) is 77.4 Å². The summed E-state index contributed by atoms with van der Waals surface area (Å²) >= 11 is 2.33. The average molecular weight is 378 g/mol. The van der Waals surface area contributed by atoms with E-state index in [1.807, 2.05) is 0 Å². The van der Waals surface area contributed by atoms with Crippen molar-refractivity contribution in [3.63, 3.8) is 0 Å². The monoisotopic (exact) mass is 378 g/mol. The summed E-state index contributed by atoms with van der Waals surface area (Å²) in [5.74, 6) is 0. The second kappa shape index (κ2) is 6.48. The van der Waals surface area contributed by atoms with Crippen LogP contribution in [0.25, 0.3) is 0 Å². The Bertz CT molecular complexity index is 542. The number of nitrogens with one attached hydrogen (secondary N) is 1. The third kappa shape index (κ3) is 3.45. The second-order valence-corrected chi connectivity index (χ2v) is 6.47. The molecule has 1 aliphatic heterocycles. The molecule has 20 heavy (non-hydrogen) atoms. The van der Waals surface area contributed by atoms with Gasteiger partial charge in [0.05, 0.1) is 0 Å². The lowest BCUT2D eigenvalue weighted by Gasteiger charge is -2.17.